The first-order valence-electron chi connectivity index (χ1n) is 7.43. The van der Waals surface area contributed by atoms with Gasteiger partial charge in [-0.25, -0.2) is 9.37 Å². The van der Waals surface area contributed by atoms with Gasteiger partial charge in [0.1, 0.15) is 5.82 Å². The molecule has 1 aliphatic heterocycles. The summed E-state index contributed by atoms with van der Waals surface area (Å²) >= 11 is 0. The average Bonchev–Trinajstić information content (AvgIpc) is 3.18. The van der Waals surface area contributed by atoms with Crippen LogP contribution in [-0.2, 0) is 11.3 Å². The molecule has 1 aliphatic carbocycles. The van der Waals surface area contributed by atoms with Crippen molar-refractivity contribution >= 4 is 5.91 Å². The minimum Gasteiger partial charge on any atom is -0.481 e. The summed E-state index contributed by atoms with van der Waals surface area (Å²) in [5, 5.41) is 5.95. The topological polar surface area (TPSA) is 63.2 Å². The second-order valence-corrected chi connectivity index (χ2v) is 5.66. The lowest BCUT2D eigenvalue weighted by atomic mass is 10.1. The third-order valence-corrected chi connectivity index (χ3v) is 4.03. The Bertz CT molecular complexity index is 540. The van der Waals surface area contributed by atoms with E-state index in [4.69, 9.17) is 4.74 Å². The Labute approximate surface area is 123 Å². The SMILES string of the molecule is COc1nc(C2CC2)c(F)cc1CNC(=O)C1CCCN1. The fourth-order valence-corrected chi connectivity index (χ4v) is 2.68. The van der Waals surface area contributed by atoms with Crippen molar-refractivity contribution in [2.75, 3.05) is 13.7 Å². The van der Waals surface area contributed by atoms with Gasteiger partial charge in [0, 0.05) is 18.0 Å². The van der Waals surface area contributed by atoms with Gasteiger partial charge in [-0.3, -0.25) is 4.79 Å². The van der Waals surface area contributed by atoms with E-state index in [1.54, 1.807) is 0 Å². The Kier molecular flexibility index (Phi) is 4.05. The van der Waals surface area contributed by atoms with Crippen LogP contribution in [0.2, 0.25) is 0 Å². The highest BCUT2D eigenvalue weighted by Crippen LogP contribution is 2.41. The van der Waals surface area contributed by atoms with Gasteiger partial charge in [-0.15, -0.1) is 0 Å². The van der Waals surface area contributed by atoms with Crippen molar-refractivity contribution in [3.05, 3.63) is 23.1 Å². The number of hydrogen-bond donors (Lipinski definition) is 2. The van der Waals surface area contributed by atoms with Gasteiger partial charge in [0.2, 0.25) is 11.8 Å². The van der Waals surface area contributed by atoms with Crippen molar-refractivity contribution in [1.29, 1.82) is 0 Å². The molecule has 1 saturated heterocycles. The molecule has 0 bridgehead atoms. The molecule has 3 rings (SSSR count). The minimum absolute atomic E-state index is 0.0544. The van der Waals surface area contributed by atoms with E-state index >= 15 is 0 Å². The van der Waals surface area contributed by atoms with Gasteiger partial charge in [-0.1, -0.05) is 0 Å². The van der Waals surface area contributed by atoms with Gasteiger partial charge in [-0.05, 0) is 38.3 Å². The van der Waals surface area contributed by atoms with Crippen LogP contribution >= 0.6 is 0 Å². The van der Waals surface area contributed by atoms with Crippen LogP contribution in [0.1, 0.15) is 42.9 Å². The maximum absolute atomic E-state index is 14.0. The van der Waals surface area contributed by atoms with Crippen LogP contribution < -0.4 is 15.4 Å². The molecule has 0 aromatic carbocycles. The smallest absolute Gasteiger partial charge is 0.237 e. The van der Waals surface area contributed by atoms with E-state index in [1.807, 2.05) is 0 Å². The van der Waals surface area contributed by atoms with Crippen molar-refractivity contribution < 1.29 is 13.9 Å². The summed E-state index contributed by atoms with van der Waals surface area (Å²) in [6, 6.07) is 1.29. The monoisotopic (exact) mass is 293 g/mol. The Morgan fingerprint density at radius 3 is 2.95 bits per heavy atom. The van der Waals surface area contributed by atoms with Crippen molar-refractivity contribution in [3.8, 4) is 5.88 Å². The van der Waals surface area contributed by atoms with Crippen molar-refractivity contribution in [2.24, 2.45) is 0 Å². The standard InChI is InChI=1S/C15H20FN3O2/c1-21-15-10(7-11(16)13(19-15)9-4-5-9)8-18-14(20)12-3-2-6-17-12/h7,9,12,17H,2-6,8H2,1H3,(H,18,20). The molecule has 21 heavy (non-hydrogen) atoms. The predicted octanol–water partition coefficient (Wildman–Crippen LogP) is 1.47. The first-order valence-corrected chi connectivity index (χ1v) is 7.43. The van der Waals surface area contributed by atoms with Crippen molar-refractivity contribution in [1.82, 2.24) is 15.6 Å². The molecule has 2 N–H and O–H groups in total. The molecule has 2 aliphatic rings. The van der Waals surface area contributed by atoms with E-state index in [2.05, 4.69) is 15.6 Å². The molecule has 2 heterocycles. The molecule has 1 saturated carbocycles. The lowest BCUT2D eigenvalue weighted by Gasteiger charge is -2.14. The van der Waals surface area contributed by atoms with Crippen LogP contribution in [-0.4, -0.2) is 30.6 Å². The van der Waals surface area contributed by atoms with Gasteiger partial charge < -0.3 is 15.4 Å². The lowest BCUT2D eigenvalue weighted by molar-refractivity contribution is -0.122. The number of nitrogens with zero attached hydrogens (tertiary/aromatic N) is 1. The summed E-state index contributed by atoms with van der Waals surface area (Å²) in [6.07, 6.45) is 3.82. The number of rotatable bonds is 5. The first-order chi connectivity index (χ1) is 10.2. The van der Waals surface area contributed by atoms with Crippen LogP contribution in [0, 0.1) is 5.82 Å². The molecule has 114 valence electrons. The second kappa shape index (κ2) is 5.97. The number of carbonyl (C=O) groups excluding carboxylic acids is 1. The highest BCUT2D eigenvalue weighted by atomic mass is 19.1. The molecule has 1 unspecified atom stereocenters. The third-order valence-electron chi connectivity index (χ3n) is 4.03. The van der Waals surface area contributed by atoms with Crippen LogP contribution in [0.25, 0.3) is 0 Å². The van der Waals surface area contributed by atoms with E-state index in [1.165, 1.54) is 13.2 Å². The van der Waals surface area contributed by atoms with E-state index in [0.29, 0.717) is 17.1 Å². The lowest BCUT2D eigenvalue weighted by Crippen LogP contribution is -2.40. The van der Waals surface area contributed by atoms with Gasteiger partial charge in [0.05, 0.1) is 18.8 Å². The number of carbonyl (C=O) groups is 1. The maximum atomic E-state index is 14.0. The number of ether oxygens (including phenoxy) is 1. The molecule has 6 heteroatoms. The number of pyridine rings is 1. The number of hydrogen-bond acceptors (Lipinski definition) is 4. The number of halogens is 1. The van der Waals surface area contributed by atoms with E-state index in [-0.39, 0.29) is 30.2 Å². The van der Waals surface area contributed by atoms with Crippen molar-refractivity contribution in [2.45, 2.75) is 44.2 Å². The van der Waals surface area contributed by atoms with E-state index in [0.717, 1.165) is 32.2 Å². The Morgan fingerprint density at radius 1 is 1.52 bits per heavy atom. The number of methoxy groups -OCH3 is 1. The van der Waals surface area contributed by atoms with Gasteiger partial charge >= 0.3 is 0 Å². The number of nitrogens with one attached hydrogen (secondary N) is 2. The molecule has 0 radical (unpaired) electrons. The average molecular weight is 293 g/mol. The summed E-state index contributed by atoms with van der Waals surface area (Å²) in [7, 11) is 1.51. The molecule has 1 aromatic rings. The van der Waals surface area contributed by atoms with Gasteiger partial charge in [0.25, 0.3) is 0 Å². The Hall–Kier alpha value is -1.69. The van der Waals surface area contributed by atoms with Crippen LogP contribution in [0.5, 0.6) is 5.88 Å². The Morgan fingerprint density at radius 2 is 2.33 bits per heavy atom. The summed E-state index contributed by atoms with van der Waals surface area (Å²) < 4.78 is 19.3. The van der Waals surface area contributed by atoms with Crippen LogP contribution in [0.4, 0.5) is 4.39 Å². The summed E-state index contributed by atoms with van der Waals surface area (Å²) in [5.41, 5.74) is 1.06. The highest BCUT2D eigenvalue weighted by molar-refractivity contribution is 5.82. The van der Waals surface area contributed by atoms with Crippen LogP contribution in [0.15, 0.2) is 6.07 Å². The zero-order chi connectivity index (χ0) is 14.8. The van der Waals surface area contributed by atoms with Gasteiger partial charge in [-0.2, -0.15) is 0 Å². The molecule has 0 spiro atoms. The third kappa shape index (κ3) is 3.15. The molecule has 2 fully saturated rings. The van der Waals surface area contributed by atoms with E-state index < -0.39 is 0 Å². The summed E-state index contributed by atoms with van der Waals surface area (Å²) in [4.78, 5) is 16.2. The normalized spacial score (nSPS) is 21.3. The highest BCUT2D eigenvalue weighted by Gasteiger charge is 2.29. The second-order valence-electron chi connectivity index (χ2n) is 5.66. The predicted molar refractivity (Wildman–Crippen MR) is 75.6 cm³/mol. The largest absolute Gasteiger partial charge is 0.481 e. The zero-order valence-corrected chi connectivity index (χ0v) is 12.1. The first kappa shape index (κ1) is 14.3. The Balaban J connectivity index is 1.69. The molecule has 1 atom stereocenters. The molecular formula is C15H20FN3O2. The minimum atomic E-state index is -0.304. The molecule has 1 aromatic heterocycles. The van der Waals surface area contributed by atoms with Crippen molar-refractivity contribution in [3.63, 3.8) is 0 Å². The molecule has 5 nitrogen and oxygen atoms in total. The van der Waals surface area contributed by atoms with E-state index in [9.17, 15) is 9.18 Å². The fourth-order valence-electron chi connectivity index (χ4n) is 2.68. The molecular weight excluding hydrogens is 273 g/mol. The summed E-state index contributed by atoms with van der Waals surface area (Å²) in [5.74, 6) is 0.269. The summed E-state index contributed by atoms with van der Waals surface area (Å²) in [6.45, 7) is 1.10. The zero-order valence-electron chi connectivity index (χ0n) is 12.1. The van der Waals surface area contributed by atoms with Gasteiger partial charge in [0.15, 0.2) is 0 Å². The van der Waals surface area contributed by atoms with Crippen LogP contribution in [0.3, 0.4) is 0 Å². The molecule has 1 amide bonds. The number of aromatic nitrogens is 1. The fraction of sp³-hybridized carbons (Fsp3) is 0.600. The number of amides is 1. The maximum Gasteiger partial charge on any atom is 0.237 e. The quantitative estimate of drug-likeness (QED) is 0.863.